The number of hydrogen-bond acceptors (Lipinski definition) is 7. The first-order valence-electron chi connectivity index (χ1n) is 12.4. The molecular formula is C26H31FN2O6. The van der Waals surface area contributed by atoms with E-state index in [1.54, 1.807) is 23.1 Å². The van der Waals surface area contributed by atoms with Gasteiger partial charge >= 0.3 is 0 Å². The van der Waals surface area contributed by atoms with Crippen LogP contribution in [0.2, 0.25) is 0 Å². The number of halogens is 1. The van der Waals surface area contributed by atoms with Gasteiger partial charge in [0.05, 0.1) is 26.4 Å². The maximum atomic E-state index is 14.0. The van der Waals surface area contributed by atoms with Crippen molar-refractivity contribution in [3.63, 3.8) is 0 Å². The van der Waals surface area contributed by atoms with Crippen molar-refractivity contribution in [2.45, 2.75) is 43.5 Å². The van der Waals surface area contributed by atoms with Crippen molar-refractivity contribution in [3.05, 3.63) is 41.9 Å². The second kappa shape index (κ2) is 8.87. The topological polar surface area (TPSA) is 90.4 Å². The second-order valence-electron chi connectivity index (χ2n) is 10.3. The van der Waals surface area contributed by atoms with E-state index in [1.165, 1.54) is 13.2 Å². The van der Waals surface area contributed by atoms with E-state index in [0.717, 1.165) is 12.8 Å². The molecule has 2 aliphatic heterocycles. The molecule has 1 amide bonds. The number of aliphatic hydroxyl groups is 1. The van der Waals surface area contributed by atoms with Gasteiger partial charge in [0.15, 0.2) is 5.75 Å². The number of hydrogen-bond donors (Lipinski definition) is 1. The van der Waals surface area contributed by atoms with Gasteiger partial charge < -0.3 is 29.0 Å². The Labute approximate surface area is 203 Å². The number of aromatic nitrogens is 1. The normalized spacial score (nSPS) is 37.5. The van der Waals surface area contributed by atoms with Crippen LogP contribution in [0.3, 0.4) is 0 Å². The van der Waals surface area contributed by atoms with Crippen LogP contribution in [0, 0.1) is 23.7 Å². The van der Waals surface area contributed by atoms with E-state index in [0.29, 0.717) is 49.6 Å². The minimum Gasteiger partial charge on any atom is -0.488 e. The molecule has 9 heteroatoms. The van der Waals surface area contributed by atoms with E-state index in [4.69, 9.17) is 18.9 Å². The van der Waals surface area contributed by atoms with Crippen molar-refractivity contribution < 1.29 is 33.2 Å². The smallest absolute Gasteiger partial charge is 0.272 e. The highest BCUT2D eigenvalue weighted by Crippen LogP contribution is 2.57. The van der Waals surface area contributed by atoms with E-state index in [1.807, 2.05) is 6.08 Å². The summed E-state index contributed by atoms with van der Waals surface area (Å²) in [5, 5.41) is 9.70. The molecule has 2 saturated heterocycles. The summed E-state index contributed by atoms with van der Waals surface area (Å²) in [6.07, 6.45) is 7.24. The zero-order chi connectivity index (χ0) is 24.2. The number of pyridine rings is 1. The number of piperidine rings is 1. The van der Waals surface area contributed by atoms with Gasteiger partial charge in [0.25, 0.3) is 11.8 Å². The number of fused-ring (bicyclic) bond motifs is 2. The highest BCUT2D eigenvalue weighted by atomic mass is 19.1. The Morgan fingerprint density at radius 2 is 2.17 bits per heavy atom. The lowest BCUT2D eigenvalue weighted by atomic mass is 9.74. The minimum atomic E-state index is -0.626. The molecule has 1 aromatic heterocycles. The van der Waals surface area contributed by atoms with Crippen molar-refractivity contribution in [1.29, 1.82) is 0 Å². The summed E-state index contributed by atoms with van der Waals surface area (Å²) in [7, 11) is 1.51. The van der Waals surface area contributed by atoms with E-state index in [-0.39, 0.29) is 54.6 Å². The van der Waals surface area contributed by atoms with Crippen molar-refractivity contribution in [1.82, 2.24) is 9.88 Å². The van der Waals surface area contributed by atoms with Crippen LogP contribution in [-0.2, 0) is 9.47 Å². The zero-order valence-corrected chi connectivity index (χ0v) is 19.8. The number of likely N-dealkylation sites (tertiary alicyclic amines) is 1. The van der Waals surface area contributed by atoms with Gasteiger partial charge in [0.2, 0.25) is 0 Å². The molecule has 0 bridgehead atoms. The molecule has 188 valence electrons. The molecular weight excluding hydrogens is 455 g/mol. The van der Waals surface area contributed by atoms with Gasteiger partial charge in [0.1, 0.15) is 30.0 Å². The molecule has 5 unspecified atom stereocenters. The standard InChI is InChI=1S/C26H31FN2O6/c1-32-24-22(33-13-20-18-10-17(30)11-19(18)20)6-5-21(28-24)25(31)29-8-7-26(23(12-29)34-14-35-26)15-3-2-4-16(27)9-15/h2-6,15,17-20,23,30H,7-14H2,1H3. The summed E-state index contributed by atoms with van der Waals surface area (Å²) in [5.74, 6) is 1.86. The molecule has 1 N–H and O–H groups in total. The third-order valence-corrected chi connectivity index (χ3v) is 8.52. The van der Waals surface area contributed by atoms with Gasteiger partial charge in [-0.25, -0.2) is 9.37 Å². The molecule has 2 saturated carbocycles. The Morgan fingerprint density at radius 1 is 1.34 bits per heavy atom. The summed E-state index contributed by atoms with van der Waals surface area (Å²) in [6.45, 7) is 1.52. The average Bonchev–Trinajstić information content (AvgIpc) is 3.19. The first-order valence-corrected chi connectivity index (χ1v) is 12.4. The second-order valence-corrected chi connectivity index (χ2v) is 10.3. The lowest BCUT2D eigenvalue weighted by Crippen LogP contribution is -2.58. The minimum absolute atomic E-state index is 0.124. The lowest BCUT2D eigenvalue weighted by molar-refractivity contribution is -0.0695. The molecule has 0 spiro atoms. The number of ether oxygens (including phenoxy) is 4. The SMILES string of the molecule is COc1nc(C(=O)N2CCC3(C4C=CC=C(F)C4)OCOC3C2)ccc1OCC1C2CC(O)CC12. The molecule has 3 heterocycles. The molecule has 1 aromatic rings. The summed E-state index contributed by atoms with van der Waals surface area (Å²) in [6, 6.07) is 3.40. The van der Waals surface area contributed by atoms with Crippen LogP contribution in [0.25, 0.3) is 0 Å². The number of carbonyl (C=O) groups excluding carboxylic acids is 1. The van der Waals surface area contributed by atoms with Crippen molar-refractivity contribution >= 4 is 5.91 Å². The first-order chi connectivity index (χ1) is 17.0. The quantitative estimate of drug-likeness (QED) is 0.661. The number of allylic oxidation sites excluding steroid dienone is 3. The van der Waals surface area contributed by atoms with Crippen molar-refractivity contribution in [3.8, 4) is 11.6 Å². The molecule has 6 rings (SSSR count). The third-order valence-electron chi connectivity index (χ3n) is 8.52. The Morgan fingerprint density at radius 3 is 2.94 bits per heavy atom. The van der Waals surface area contributed by atoms with Gasteiger partial charge in [-0.1, -0.05) is 12.2 Å². The van der Waals surface area contributed by atoms with Crippen LogP contribution in [0.4, 0.5) is 4.39 Å². The predicted octanol–water partition coefficient (Wildman–Crippen LogP) is 2.87. The number of rotatable bonds is 6. The summed E-state index contributed by atoms with van der Waals surface area (Å²) < 4.78 is 37.2. The Kier molecular flexibility index (Phi) is 5.81. The van der Waals surface area contributed by atoms with E-state index in [2.05, 4.69) is 4.98 Å². The molecule has 8 nitrogen and oxygen atoms in total. The van der Waals surface area contributed by atoms with Crippen LogP contribution in [-0.4, -0.2) is 72.3 Å². The Bertz CT molecular complexity index is 1050. The van der Waals surface area contributed by atoms with E-state index in [9.17, 15) is 14.3 Å². The largest absolute Gasteiger partial charge is 0.488 e. The molecule has 35 heavy (non-hydrogen) atoms. The zero-order valence-electron chi connectivity index (χ0n) is 19.8. The van der Waals surface area contributed by atoms with Crippen LogP contribution in [0.1, 0.15) is 36.2 Å². The molecule has 0 radical (unpaired) electrons. The van der Waals surface area contributed by atoms with Gasteiger partial charge in [-0.15, -0.1) is 0 Å². The van der Waals surface area contributed by atoms with Gasteiger partial charge in [0, 0.05) is 18.9 Å². The number of carbonyl (C=O) groups is 1. The number of aliphatic hydroxyl groups excluding tert-OH is 1. The highest BCUT2D eigenvalue weighted by Gasteiger charge is 2.56. The number of nitrogens with zero attached hydrogens (tertiary/aromatic N) is 2. The predicted molar refractivity (Wildman–Crippen MR) is 123 cm³/mol. The third kappa shape index (κ3) is 4.03. The Hall–Kier alpha value is -2.49. The van der Waals surface area contributed by atoms with Crippen LogP contribution in [0.5, 0.6) is 11.6 Å². The summed E-state index contributed by atoms with van der Waals surface area (Å²) >= 11 is 0. The monoisotopic (exact) mass is 486 g/mol. The molecule has 4 fully saturated rings. The van der Waals surface area contributed by atoms with Gasteiger partial charge in [-0.05, 0) is 55.2 Å². The molecule has 0 aromatic carbocycles. The van der Waals surface area contributed by atoms with Crippen LogP contribution < -0.4 is 9.47 Å². The first kappa shape index (κ1) is 22.9. The fourth-order valence-electron chi connectivity index (χ4n) is 6.54. The fraction of sp³-hybridized carbons (Fsp3) is 0.615. The maximum Gasteiger partial charge on any atom is 0.272 e. The Balaban J connectivity index is 1.11. The van der Waals surface area contributed by atoms with E-state index >= 15 is 0 Å². The number of amides is 1. The highest BCUT2D eigenvalue weighted by molar-refractivity contribution is 5.92. The lowest BCUT2D eigenvalue weighted by Gasteiger charge is -2.45. The van der Waals surface area contributed by atoms with Crippen LogP contribution >= 0.6 is 0 Å². The molecule has 5 atom stereocenters. The summed E-state index contributed by atoms with van der Waals surface area (Å²) in [4.78, 5) is 19.5. The molecule has 3 aliphatic carbocycles. The molecule has 5 aliphatic rings. The van der Waals surface area contributed by atoms with Crippen LogP contribution in [0.15, 0.2) is 36.2 Å². The average molecular weight is 487 g/mol. The van der Waals surface area contributed by atoms with Gasteiger partial charge in [-0.3, -0.25) is 4.79 Å². The number of methoxy groups -OCH3 is 1. The maximum absolute atomic E-state index is 14.0. The summed E-state index contributed by atoms with van der Waals surface area (Å²) in [5.41, 5.74) is -0.350. The van der Waals surface area contributed by atoms with Crippen molar-refractivity contribution in [2.24, 2.45) is 23.7 Å². The fourth-order valence-corrected chi connectivity index (χ4v) is 6.54. The van der Waals surface area contributed by atoms with Crippen molar-refractivity contribution in [2.75, 3.05) is 33.6 Å². The van der Waals surface area contributed by atoms with E-state index < -0.39 is 5.60 Å². The van der Waals surface area contributed by atoms with Gasteiger partial charge in [-0.2, -0.15) is 0 Å².